The number of carbonyl (C=O) groups excluding carboxylic acids is 2. The third-order valence-electron chi connectivity index (χ3n) is 6.23. The summed E-state index contributed by atoms with van der Waals surface area (Å²) in [7, 11) is 4.02. The summed E-state index contributed by atoms with van der Waals surface area (Å²) < 4.78 is 6.47. The Balaban J connectivity index is 1.91. The van der Waals surface area contributed by atoms with E-state index in [9.17, 15) is 9.59 Å². The number of anilines is 1. The second-order valence-corrected chi connectivity index (χ2v) is 10.7. The van der Waals surface area contributed by atoms with Crippen molar-refractivity contribution in [1.29, 1.82) is 0 Å². The molecule has 7 heteroatoms. The maximum atomic E-state index is 13.9. The van der Waals surface area contributed by atoms with E-state index in [0.29, 0.717) is 11.6 Å². The van der Waals surface area contributed by atoms with Crippen molar-refractivity contribution in [2.45, 2.75) is 32.5 Å². The van der Waals surface area contributed by atoms with Crippen LogP contribution in [0.25, 0.3) is 10.8 Å². The topological polar surface area (TPSA) is 75.9 Å². The average Bonchev–Trinajstić information content (AvgIpc) is 2.87. The summed E-state index contributed by atoms with van der Waals surface area (Å²) in [5.74, 6) is -0.863. The molecule has 184 valence electrons. The number of amides is 2. The highest BCUT2D eigenvalue weighted by atomic mass is 35.5. The van der Waals surface area contributed by atoms with Crippen LogP contribution in [0.5, 0.6) is 0 Å². The monoisotopic (exact) mass is 493 g/mol. The van der Waals surface area contributed by atoms with Crippen LogP contribution in [-0.2, 0) is 14.3 Å². The molecule has 0 saturated carbocycles. The van der Waals surface area contributed by atoms with Crippen LogP contribution in [0.2, 0.25) is 5.02 Å². The zero-order chi connectivity index (χ0) is 25.3. The summed E-state index contributed by atoms with van der Waals surface area (Å²) in [5.41, 5.74) is 7.76. The van der Waals surface area contributed by atoms with Crippen LogP contribution in [0.15, 0.2) is 60.7 Å². The molecule has 0 aliphatic carbocycles. The highest BCUT2D eigenvalue weighted by molar-refractivity contribution is 6.30. The van der Waals surface area contributed by atoms with Crippen LogP contribution < -0.4 is 10.6 Å². The van der Waals surface area contributed by atoms with Crippen LogP contribution >= 0.6 is 11.6 Å². The van der Waals surface area contributed by atoms with Gasteiger partial charge in [-0.15, -0.1) is 0 Å². The average molecular weight is 494 g/mol. The van der Waals surface area contributed by atoms with E-state index < -0.39 is 18.1 Å². The minimum Gasteiger partial charge on any atom is -0.370 e. The highest BCUT2D eigenvalue weighted by Crippen LogP contribution is 2.42. The van der Waals surface area contributed by atoms with Crippen molar-refractivity contribution < 1.29 is 14.3 Å². The Morgan fingerprint density at radius 3 is 2.51 bits per heavy atom. The number of carbonyl (C=O) groups is 2. The van der Waals surface area contributed by atoms with Crippen molar-refractivity contribution >= 4 is 39.9 Å². The van der Waals surface area contributed by atoms with Gasteiger partial charge in [0.2, 0.25) is 5.91 Å². The molecule has 6 nitrogen and oxygen atoms in total. The van der Waals surface area contributed by atoms with Gasteiger partial charge in [-0.1, -0.05) is 67.9 Å². The van der Waals surface area contributed by atoms with E-state index in [0.717, 1.165) is 34.1 Å². The molecule has 0 spiro atoms. The number of nitrogens with two attached hydrogens (primary N) is 1. The first-order valence-electron chi connectivity index (χ1n) is 11.7. The van der Waals surface area contributed by atoms with Crippen LogP contribution in [0.1, 0.15) is 37.5 Å². The Morgan fingerprint density at radius 2 is 1.80 bits per heavy atom. The van der Waals surface area contributed by atoms with Crippen molar-refractivity contribution in [3.63, 3.8) is 0 Å². The zero-order valence-corrected chi connectivity index (χ0v) is 21.4. The van der Waals surface area contributed by atoms with E-state index in [1.54, 1.807) is 11.0 Å². The number of ether oxygens (including phenoxy) is 1. The second-order valence-electron chi connectivity index (χ2n) is 10.3. The lowest BCUT2D eigenvalue weighted by atomic mass is 9.90. The molecule has 0 aromatic heterocycles. The standard InChI is InChI=1S/C28H32ClN3O3/c1-28(2,16-31(3)4)17-32-23-13-12-19(29)14-22(23)26(35-24(27(32)34)15-25(30)33)21-11-7-9-18-8-5-6-10-20(18)21/h5-14,24,26H,15-17H2,1-4H3,(H2,30,33)/t24-,26-/m1/s1. The van der Waals surface area contributed by atoms with E-state index in [2.05, 4.69) is 18.7 Å². The minimum atomic E-state index is -1.02. The number of nitrogens with zero attached hydrogens (tertiary/aromatic N) is 2. The zero-order valence-electron chi connectivity index (χ0n) is 20.6. The second kappa shape index (κ2) is 9.97. The van der Waals surface area contributed by atoms with Crippen LogP contribution in [0, 0.1) is 5.41 Å². The normalized spacial score (nSPS) is 18.6. The van der Waals surface area contributed by atoms with Gasteiger partial charge in [0.05, 0.1) is 6.42 Å². The molecule has 1 heterocycles. The molecule has 0 bridgehead atoms. The molecular weight excluding hydrogens is 462 g/mol. The molecule has 0 unspecified atom stereocenters. The fourth-order valence-electron chi connectivity index (χ4n) is 5.10. The first kappa shape index (κ1) is 25.2. The third kappa shape index (κ3) is 5.50. The third-order valence-corrected chi connectivity index (χ3v) is 6.46. The maximum absolute atomic E-state index is 13.9. The van der Waals surface area contributed by atoms with Gasteiger partial charge in [-0.3, -0.25) is 9.59 Å². The van der Waals surface area contributed by atoms with Crippen molar-refractivity contribution in [3.05, 3.63) is 76.8 Å². The Hall–Kier alpha value is -2.93. The number of benzene rings is 3. The van der Waals surface area contributed by atoms with Gasteiger partial charge in [-0.05, 0) is 54.0 Å². The number of hydrogen-bond acceptors (Lipinski definition) is 4. The molecule has 0 fully saturated rings. The van der Waals surface area contributed by atoms with Gasteiger partial charge < -0.3 is 20.3 Å². The smallest absolute Gasteiger partial charge is 0.256 e. The molecule has 3 aromatic rings. The summed E-state index contributed by atoms with van der Waals surface area (Å²) in [6.07, 6.45) is -1.82. The largest absolute Gasteiger partial charge is 0.370 e. The van der Waals surface area contributed by atoms with Crippen molar-refractivity contribution in [2.75, 3.05) is 32.1 Å². The van der Waals surface area contributed by atoms with Gasteiger partial charge in [-0.25, -0.2) is 0 Å². The predicted octanol–water partition coefficient (Wildman–Crippen LogP) is 4.78. The number of primary amides is 1. The molecule has 1 aliphatic heterocycles. The summed E-state index contributed by atoms with van der Waals surface area (Å²) in [6.45, 7) is 5.45. The lowest BCUT2D eigenvalue weighted by Gasteiger charge is -2.35. The molecular formula is C28H32ClN3O3. The quantitative estimate of drug-likeness (QED) is 0.514. The summed E-state index contributed by atoms with van der Waals surface area (Å²) >= 11 is 6.47. The van der Waals surface area contributed by atoms with Gasteiger partial charge in [-0.2, -0.15) is 0 Å². The van der Waals surface area contributed by atoms with E-state index in [1.165, 1.54) is 0 Å². The Bertz CT molecular complexity index is 1250. The maximum Gasteiger partial charge on any atom is 0.256 e. The molecule has 0 radical (unpaired) electrons. The number of rotatable bonds is 7. The Kier molecular flexibility index (Phi) is 7.17. The van der Waals surface area contributed by atoms with Gasteiger partial charge >= 0.3 is 0 Å². The van der Waals surface area contributed by atoms with Gasteiger partial charge in [0, 0.05) is 29.4 Å². The van der Waals surface area contributed by atoms with E-state index >= 15 is 0 Å². The number of halogens is 1. The van der Waals surface area contributed by atoms with E-state index in [-0.39, 0.29) is 17.7 Å². The van der Waals surface area contributed by atoms with Gasteiger partial charge in [0.15, 0.2) is 0 Å². The highest BCUT2D eigenvalue weighted by Gasteiger charge is 2.39. The molecule has 3 aromatic carbocycles. The van der Waals surface area contributed by atoms with Gasteiger partial charge in [0.25, 0.3) is 5.91 Å². The van der Waals surface area contributed by atoms with Crippen molar-refractivity contribution in [2.24, 2.45) is 11.1 Å². The minimum absolute atomic E-state index is 0.202. The fraction of sp³-hybridized carbons (Fsp3) is 0.357. The molecule has 4 rings (SSSR count). The van der Waals surface area contributed by atoms with Crippen LogP contribution in [-0.4, -0.2) is 50.0 Å². The Labute approximate surface area is 211 Å². The first-order valence-corrected chi connectivity index (χ1v) is 12.1. The summed E-state index contributed by atoms with van der Waals surface area (Å²) in [5, 5.41) is 2.62. The first-order chi connectivity index (χ1) is 16.6. The van der Waals surface area contributed by atoms with Crippen molar-refractivity contribution in [1.82, 2.24) is 4.90 Å². The molecule has 2 atom stereocenters. The molecule has 1 aliphatic rings. The van der Waals surface area contributed by atoms with Crippen LogP contribution in [0.3, 0.4) is 0 Å². The predicted molar refractivity (Wildman–Crippen MR) is 141 cm³/mol. The molecule has 35 heavy (non-hydrogen) atoms. The lowest BCUT2D eigenvalue weighted by molar-refractivity contribution is -0.137. The summed E-state index contributed by atoms with van der Waals surface area (Å²) in [6, 6.07) is 19.6. The lowest BCUT2D eigenvalue weighted by Crippen LogP contribution is -2.47. The molecule has 2 N–H and O–H groups in total. The van der Waals surface area contributed by atoms with E-state index in [1.807, 2.05) is 68.7 Å². The number of fused-ring (bicyclic) bond motifs is 2. The van der Waals surface area contributed by atoms with Crippen LogP contribution in [0.4, 0.5) is 5.69 Å². The fourth-order valence-corrected chi connectivity index (χ4v) is 5.29. The number of hydrogen-bond donors (Lipinski definition) is 1. The van der Waals surface area contributed by atoms with Crippen molar-refractivity contribution in [3.8, 4) is 0 Å². The van der Waals surface area contributed by atoms with E-state index in [4.69, 9.17) is 22.1 Å². The SMILES string of the molecule is CN(C)CC(C)(C)CN1C(=O)[C@@H](CC(N)=O)O[C@H](c2cccc3ccccc23)c2cc(Cl)ccc21. The van der Waals surface area contributed by atoms with Gasteiger partial charge in [0.1, 0.15) is 12.2 Å². The molecule has 0 saturated heterocycles. The Morgan fingerprint density at radius 1 is 1.09 bits per heavy atom. The summed E-state index contributed by atoms with van der Waals surface area (Å²) in [4.78, 5) is 29.7. The molecule has 2 amide bonds.